The predicted molar refractivity (Wildman–Crippen MR) is 75.0 cm³/mol. The van der Waals surface area contributed by atoms with Crippen LogP contribution in [0.15, 0.2) is 29.2 Å². The number of ether oxygens (including phenoxy) is 1. The third kappa shape index (κ3) is 4.02. The van der Waals surface area contributed by atoms with Crippen LogP contribution in [0.5, 0.6) is 0 Å². The van der Waals surface area contributed by atoms with Crippen LogP contribution in [-0.2, 0) is 24.3 Å². The lowest BCUT2D eigenvalue weighted by molar-refractivity contribution is -0.124. The zero-order chi connectivity index (χ0) is 15.5. The Morgan fingerprint density at radius 2 is 1.90 bits per heavy atom. The van der Waals surface area contributed by atoms with Crippen molar-refractivity contribution in [1.82, 2.24) is 4.72 Å². The molecule has 21 heavy (non-hydrogen) atoms. The fourth-order valence-corrected chi connectivity index (χ4v) is 2.96. The first-order valence-corrected chi connectivity index (χ1v) is 7.93. The van der Waals surface area contributed by atoms with Crippen molar-refractivity contribution in [3.8, 4) is 0 Å². The van der Waals surface area contributed by atoms with Crippen molar-refractivity contribution in [2.24, 2.45) is 0 Å². The first kappa shape index (κ1) is 15.5. The molecule has 1 aromatic carbocycles. The van der Waals surface area contributed by atoms with Crippen LogP contribution >= 0.6 is 0 Å². The molecule has 1 saturated heterocycles. The SMILES string of the molecule is CC(=O)NS(=O)(=O)c1ccc(NC(=O)[C@@H]2CCCO2)cc1. The molecule has 8 heteroatoms. The fourth-order valence-electron chi connectivity index (χ4n) is 1.97. The second kappa shape index (κ2) is 6.23. The van der Waals surface area contributed by atoms with E-state index >= 15 is 0 Å². The minimum Gasteiger partial charge on any atom is -0.368 e. The first-order valence-electron chi connectivity index (χ1n) is 6.44. The molecular formula is C13H16N2O5S. The maximum atomic E-state index is 11.8. The highest BCUT2D eigenvalue weighted by atomic mass is 32.2. The van der Waals surface area contributed by atoms with Gasteiger partial charge in [-0.05, 0) is 37.1 Å². The second-order valence-electron chi connectivity index (χ2n) is 4.68. The molecule has 1 fully saturated rings. The molecule has 0 aliphatic carbocycles. The Bertz CT molecular complexity index is 633. The Morgan fingerprint density at radius 1 is 1.24 bits per heavy atom. The van der Waals surface area contributed by atoms with Gasteiger partial charge in [-0.15, -0.1) is 0 Å². The van der Waals surface area contributed by atoms with Gasteiger partial charge < -0.3 is 10.1 Å². The lowest BCUT2D eigenvalue weighted by Crippen LogP contribution is -2.28. The summed E-state index contributed by atoms with van der Waals surface area (Å²) >= 11 is 0. The molecule has 0 radical (unpaired) electrons. The summed E-state index contributed by atoms with van der Waals surface area (Å²) in [5.74, 6) is -0.907. The molecule has 2 rings (SSSR count). The summed E-state index contributed by atoms with van der Waals surface area (Å²) in [6, 6.07) is 5.55. The molecule has 1 aliphatic rings. The van der Waals surface area contributed by atoms with Gasteiger partial charge in [0.05, 0.1) is 4.90 Å². The van der Waals surface area contributed by atoms with E-state index in [2.05, 4.69) is 5.32 Å². The summed E-state index contributed by atoms with van der Waals surface area (Å²) in [5.41, 5.74) is 0.470. The van der Waals surface area contributed by atoms with Gasteiger partial charge in [-0.3, -0.25) is 9.59 Å². The van der Waals surface area contributed by atoms with E-state index in [9.17, 15) is 18.0 Å². The van der Waals surface area contributed by atoms with E-state index < -0.39 is 22.0 Å². The fraction of sp³-hybridized carbons (Fsp3) is 0.385. The van der Waals surface area contributed by atoms with Crippen molar-refractivity contribution in [3.05, 3.63) is 24.3 Å². The van der Waals surface area contributed by atoms with Crippen molar-refractivity contribution in [1.29, 1.82) is 0 Å². The van der Waals surface area contributed by atoms with Crippen molar-refractivity contribution in [2.75, 3.05) is 11.9 Å². The number of amides is 2. The van der Waals surface area contributed by atoms with Crippen molar-refractivity contribution >= 4 is 27.5 Å². The Balaban J connectivity index is 2.05. The molecule has 0 spiro atoms. The van der Waals surface area contributed by atoms with E-state index in [0.717, 1.165) is 13.3 Å². The largest absolute Gasteiger partial charge is 0.368 e. The maximum absolute atomic E-state index is 11.8. The smallest absolute Gasteiger partial charge is 0.264 e. The number of carbonyl (C=O) groups is 2. The third-order valence-electron chi connectivity index (χ3n) is 2.93. The molecule has 2 N–H and O–H groups in total. The van der Waals surface area contributed by atoms with E-state index in [1.165, 1.54) is 24.3 Å². The molecule has 1 heterocycles. The first-order chi connectivity index (χ1) is 9.88. The Labute approximate surface area is 122 Å². The molecule has 2 amide bonds. The van der Waals surface area contributed by atoms with Crippen molar-refractivity contribution in [3.63, 3.8) is 0 Å². The molecule has 1 aliphatic heterocycles. The van der Waals surface area contributed by atoms with Gasteiger partial charge in [-0.1, -0.05) is 0 Å². The van der Waals surface area contributed by atoms with Gasteiger partial charge in [0.2, 0.25) is 5.91 Å². The van der Waals surface area contributed by atoms with Crippen LogP contribution < -0.4 is 10.0 Å². The van der Waals surface area contributed by atoms with Crippen LogP contribution in [-0.4, -0.2) is 32.9 Å². The van der Waals surface area contributed by atoms with E-state index in [0.29, 0.717) is 18.7 Å². The van der Waals surface area contributed by atoms with Crippen LogP contribution in [0.2, 0.25) is 0 Å². The zero-order valence-electron chi connectivity index (χ0n) is 11.5. The summed E-state index contributed by atoms with van der Waals surface area (Å²) in [4.78, 5) is 22.6. The molecular weight excluding hydrogens is 296 g/mol. The highest BCUT2D eigenvalue weighted by Crippen LogP contribution is 2.17. The van der Waals surface area contributed by atoms with Crippen molar-refractivity contribution in [2.45, 2.75) is 30.8 Å². The van der Waals surface area contributed by atoms with Crippen molar-refractivity contribution < 1.29 is 22.7 Å². The van der Waals surface area contributed by atoms with E-state index in [4.69, 9.17) is 4.74 Å². The number of rotatable bonds is 4. The number of benzene rings is 1. The molecule has 7 nitrogen and oxygen atoms in total. The second-order valence-corrected chi connectivity index (χ2v) is 6.36. The van der Waals surface area contributed by atoms with Gasteiger partial charge in [-0.2, -0.15) is 0 Å². The predicted octanol–water partition coefficient (Wildman–Crippen LogP) is 0.629. The number of anilines is 1. The third-order valence-corrected chi connectivity index (χ3v) is 4.38. The number of sulfonamides is 1. The minimum atomic E-state index is -3.86. The molecule has 0 bridgehead atoms. The lowest BCUT2D eigenvalue weighted by Gasteiger charge is -2.11. The van der Waals surface area contributed by atoms with Gasteiger partial charge >= 0.3 is 0 Å². The van der Waals surface area contributed by atoms with E-state index in [1.54, 1.807) is 0 Å². The number of hydrogen-bond donors (Lipinski definition) is 2. The molecule has 114 valence electrons. The molecule has 1 atom stereocenters. The number of nitrogens with one attached hydrogen (secondary N) is 2. The number of hydrogen-bond acceptors (Lipinski definition) is 5. The van der Waals surface area contributed by atoms with Gasteiger partial charge in [0.15, 0.2) is 0 Å². The summed E-state index contributed by atoms with van der Waals surface area (Å²) < 4.78 is 30.6. The lowest BCUT2D eigenvalue weighted by atomic mass is 10.2. The van der Waals surface area contributed by atoms with E-state index in [1.807, 2.05) is 4.72 Å². The summed E-state index contributed by atoms with van der Waals surface area (Å²) in [7, 11) is -3.86. The van der Waals surface area contributed by atoms with Crippen LogP contribution in [0.4, 0.5) is 5.69 Å². The average Bonchev–Trinajstić information content (AvgIpc) is 2.91. The standard InChI is InChI=1S/C13H16N2O5S/c1-9(16)15-21(18,19)11-6-4-10(5-7-11)14-13(17)12-3-2-8-20-12/h4-7,12H,2-3,8H2,1H3,(H,14,17)(H,15,16)/t12-/m0/s1. The summed E-state index contributed by atoms with van der Waals surface area (Å²) in [6.45, 7) is 1.69. The summed E-state index contributed by atoms with van der Waals surface area (Å²) in [5, 5.41) is 2.66. The number of carbonyl (C=O) groups excluding carboxylic acids is 2. The monoisotopic (exact) mass is 312 g/mol. The average molecular weight is 312 g/mol. The maximum Gasteiger partial charge on any atom is 0.264 e. The quantitative estimate of drug-likeness (QED) is 0.849. The minimum absolute atomic E-state index is 0.0483. The summed E-state index contributed by atoms with van der Waals surface area (Å²) in [6.07, 6.45) is 1.08. The topological polar surface area (TPSA) is 102 Å². The van der Waals surface area contributed by atoms with Crippen LogP contribution in [0.25, 0.3) is 0 Å². The highest BCUT2D eigenvalue weighted by Gasteiger charge is 2.23. The normalized spacial score (nSPS) is 18.2. The van der Waals surface area contributed by atoms with Crippen LogP contribution in [0.1, 0.15) is 19.8 Å². The Morgan fingerprint density at radius 3 is 2.43 bits per heavy atom. The van der Waals surface area contributed by atoms with Crippen LogP contribution in [0, 0.1) is 0 Å². The van der Waals surface area contributed by atoms with Gasteiger partial charge in [0.25, 0.3) is 15.9 Å². The van der Waals surface area contributed by atoms with Crippen LogP contribution in [0.3, 0.4) is 0 Å². The molecule has 1 aromatic rings. The Hall–Kier alpha value is -1.93. The zero-order valence-corrected chi connectivity index (χ0v) is 12.3. The van der Waals surface area contributed by atoms with E-state index in [-0.39, 0.29) is 10.8 Å². The highest BCUT2D eigenvalue weighted by molar-refractivity contribution is 7.90. The van der Waals surface area contributed by atoms with Gasteiger partial charge in [0.1, 0.15) is 6.10 Å². The molecule has 0 saturated carbocycles. The van der Waals surface area contributed by atoms with Gasteiger partial charge in [0, 0.05) is 19.2 Å². The molecule has 0 aromatic heterocycles. The molecule has 0 unspecified atom stereocenters. The van der Waals surface area contributed by atoms with Gasteiger partial charge in [-0.25, -0.2) is 13.1 Å². The Kier molecular flexibility index (Phi) is 4.59.